The molecular formula is C39H37N3O3. The van der Waals surface area contributed by atoms with Crippen LogP contribution in [0.3, 0.4) is 0 Å². The molecule has 1 aliphatic heterocycles. The fraction of sp³-hybridized carbons (Fsp3) is 0.179. The van der Waals surface area contributed by atoms with Gasteiger partial charge < -0.3 is 19.7 Å². The predicted octanol–water partition coefficient (Wildman–Crippen LogP) is 7.77. The van der Waals surface area contributed by atoms with Gasteiger partial charge in [-0.3, -0.25) is 0 Å². The van der Waals surface area contributed by atoms with E-state index in [1.165, 1.54) is 5.56 Å². The minimum Gasteiger partial charge on any atom is -0.497 e. The maximum Gasteiger partial charge on any atom is 0.341 e. The van der Waals surface area contributed by atoms with E-state index in [-0.39, 0.29) is 12.6 Å². The number of ether oxygens (including phenoxy) is 2. The minimum absolute atomic E-state index is 0.245. The van der Waals surface area contributed by atoms with Gasteiger partial charge in [-0.25, -0.2) is 9.79 Å². The fourth-order valence-electron chi connectivity index (χ4n) is 5.99. The summed E-state index contributed by atoms with van der Waals surface area (Å²) in [7, 11) is 1.65. The lowest BCUT2D eigenvalue weighted by molar-refractivity contribution is -0.151. The van der Waals surface area contributed by atoms with Gasteiger partial charge in [0.2, 0.25) is 5.54 Å². The zero-order valence-electron chi connectivity index (χ0n) is 25.6. The SMILES string of the molecule is CCOC(=O)[C@]1(c2ccccc2)N=C(c2ccc(OC)cc2)N(Cc2ccccc2)[C@@H]1c1ccc(NCc2ccccc2)cc1. The summed E-state index contributed by atoms with van der Waals surface area (Å²) >= 11 is 0. The third kappa shape index (κ3) is 6.18. The molecule has 0 saturated carbocycles. The van der Waals surface area contributed by atoms with Crippen molar-refractivity contribution >= 4 is 17.5 Å². The Bertz CT molecular complexity index is 1720. The van der Waals surface area contributed by atoms with E-state index in [1.807, 2.05) is 97.9 Å². The van der Waals surface area contributed by atoms with E-state index in [4.69, 9.17) is 14.5 Å². The Kier molecular flexibility index (Phi) is 8.92. The molecule has 6 heteroatoms. The van der Waals surface area contributed by atoms with Gasteiger partial charge in [0.15, 0.2) is 0 Å². The summed E-state index contributed by atoms with van der Waals surface area (Å²) in [6.45, 7) is 3.34. The maximum absolute atomic E-state index is 14.4. The molecule has 0 radical (unpaired) electrons. The van der Waals surface area contributed by atoms with E-state index in [0.717, 1.165) is 39.5 Å². The topological polar surface area (TPSA) is 63.2 Å². The second-order valence-corrected chi connectivity index (χ2v) is 11.0. The molecule has 2 atom stereocenters. The number of aliphatic imine (C=N–C) groups is 1. The molecule has 5 aromatic carbocycles. The van der Waals surface area contributed by atoms with Crippen molar-refractivity contribution in [2.24, 2.45) is 4.99 Å². The van der Waals surface area contributed by atoms with Crippen molar-refractivity contribution in [3.63, 3.8) is 0 Å². The second-order valence-electron chi connectivity index (χ2n) is 11.0. The number of nitrogens with zero attached hydrogens (tertiary/aromatic N) is 2. The van der Waals surface area contributed by atoms with Gasteiger partial charge in [-0.1, -0.05) is 103 Å². The van der Waals surface area contributed by atoms with Crippen molar-refractivity contribution in [2.75, 3.05) is 19.0 Å². The Morgan fingerprint density at radius 3 is 1.98 bits per heavy atom. The highest BCUT2D eigenvalue weighted by Crippen LogP contribution is 2.50. The van der Waals surface area contributed by atoms with E-state index in [9.17, 15) is 4.79 Å². The largest absolute Gasteiger partial charge is 0.497 e. The summed E-state index contributed by atoms with van der Waals surface area (Å²) in [5, 5.41) is 3.52. The monoisotopic (exact) mass is 595 g/mol. The molecule has 226 valence electrons. The average Bonchev–Trinajstić information content (AvgIpc) is 3.44. The van der Waals surface area contributed by atoms with Gasteiger partial charge in [0, 0.05) is 24.3 Å². The Morgan fingerprint density at radius 1 is 0.778 bits per heavy atom. The van der Waals surface area contributed by atoms with Crippen LogP contribution in [0.1, 0.15) is 40.8 Å². The normalized spacial score (nSPS) is 17.4. The van der Waals surface area contributed by atoms with Gasteiger partial charge in [-0.05, 0) is 65.6 Å². The maximum atomic E-state index is 14.4. The first-order valence-electron chi connectivity index (χ1n) is 15.3. The van der Waals surface area contributed by atoms with E-state index in [2.05, 4.69) is 58.7 Å². The van der Waals surface area contributed by atoms with Crippen LogP contribution in [-0.4, -0.2) is 30.4 Å². The van der Waals surface area contributed by atoms with Crippen molar-refractivity contribution in [3.05, 3.63) is 167 Å². The van der Waals surface area contributed by atoms with Crippen molar-refractivity contribution in [2.45, 2.75) is 31.6 Å². The molecule has 0 amide bonds. The summed E-state index contributed by atoms with van der Waals surface area (Å²) in [6.07, 6.45) is 0. The fourth-order valence-corrected chi connectivity index (χ4v) is 5.99. The van der Waals surface area contributed by atoms with Gasteiger partial charge >= 0.3 is 5.97 Å². The average molecular weight is 596 g/mol. The number of benzene rings is 5. The summed E-state index contributed by atoms with van der Waals surface area (Å²) in [5.41, 5.74) is 4.59. The van der Waals surface area contributed by atoms with Crippen LogP contribution in [0.2, 0.25) is 0 Å². The van der Waals surface area contributed by atoms with Crippen LogP contribution in [0, 0.1) is 0 Å². The standard InChI is InChI=1S/C39H37N3O3/c1-3-45-38(43)39(33-17-11-6-12-18-33)36(31-19-23-34(24-20-31)40-27-29-13-7-4-8-14-29)42(28-30-15-9-5-10-16-30)37(41-39)32-21-25-35(44-2)26-22-32/h4-26,36,40H,3,27-28H2,1-2H3/t36-,39-/m1/s1. The van der Waals surface area contributed by atoms with Gasteiger partial charge in [-0.2, -0.15) is 0 Å². The zero-order chi connectivity index (χ0) is 31.1. The lowest BCUT2D eigenvalue weighted by atomic mass is 9.79. The summed E-state index contributed by atoms with van der Waals surface area (Å²) in [6, 6.07) is 46.1. The van der Waals surface area contributed by atoms with Crippen LogP contribution < -0.4 is 10.1 Å². The third-order valence-electron chi connectivity index (χ3n) is 8.17. The first-order valence-corrected chi connectivity index (χ1v) is 15.3. The second kappa shape index (κ2) is 13.5. The number of rotatable bonds is 11. The van der Waals surface area contributed by atoms with Crippen molar-refractivity contribution in [3.8, 4) is 5.75 Å². The highest BCUT2D eigenvalue weighted by atomic mass is 16.5. The highest BCUT2D eigenvalue weighted by molar-refractivity contribution is 6.04. The number of esters is 1. The van der Waals surface area contributed by atoms with E-state index in [0.29, 0.717) is 13.1 Å². The highest BCUT2D eigenvalue weighted by Gasteiger charge is 2.57. The number of methoxy groups -OCH3 is 1. The van der Waals surface area contributed by atoms with Crippen LogP contribution in [0.4, 0.5) is 5.69 Å². The Morgan fingerprint density at radius 2 is 1.38 bits per heavy atom. The summed E-state index contributed by atoms with van der Waals surface area (Å²) in [4.78, 5) is 22.0. The van der Waals surface area contributed by atoms with Crippen LogP contribution >= 0.6 is 0 Å². The van der Waals surface area contributed by atoms with Crippen LogP contribution in [0.25, 0.3) is 0 Å². The molecule has 0 aromatic heterocycles. The lowest BCUT2D eigenvalue weighted by Crippen LogP contribution is -2.44. The van der Waals surface area contributed by atoms with Gasteiger partial charge in [0.05, 0.1) is 19.8 Å². The number of carbonyl (C=O) groups is 1. The number of amidine groups is 1. The molecule has 45 heavy (non-hydrogen) atoms. The smallest absolute Gasteiger partial charge is 0.341 e. The van der Waals surface area contributed by atoms with Crippen LogP contribution in [-0.2, 0) is 28.2 Å². The summed E-state index contributed by atoms with van der Waals surface area (Å²) in [5.74, 6) is 1.09. The molecule has 1 N–H and O–H groups in total. The zero-order valence-corrected chi connectivity index (χ0v) is 25.6. The number of anilines is 1. The molecule has 0 saturated heterocycles. The van der Waals surface area contributed by atoms with Crippen LogP contribution in [0.15, 0.2) is 145 Å². The lowest BCUT2D eigenvalue weighted by Gasteiger charge is -2.37. The van der Waals surface area contributed by atoms with Crippen molar-refractivity contribution in [1.29, 1.82) is 0 Å². The first kappa shape index (κ1) is 29.7. The number of hydrogen-bond donors (Lipinski definition) is 1. The molecule has 6 rings (SSSR count). The van der Waals surface area contributed by atoms with E-state index < -0.39 is 11.6 Å². The predicted molar refractivity (Wildman–Crippen MR) is 179 cm³/mol. The van der Waals surface area contributed by atoms with Crippen molar-refractivity contribution < 1.29 is 14.3 Å². The van der Waals surface area contributed by atoms with Crippen LogP contribution in [0.5, 0.6) is 5.75 Å². The van der Waals surface area contributed by atoms with E-state index >= 15 is 0 Å². The Balaban J connectivity index is 1.50. The first-order chi connectivity index (χ1) is 22.1. The molecule has 6 nitrogen and oxygen atoms in total. The molecule has 1 aliphatic rings. The Hall–Kier alpha value is -5.36. The molecule has 0 bridgehead atoms. The van der Waals surface area contributed by atoms with Gasteiger partial charge in [-0.15, -0.1) is 0 Å². The molecule has 0 fully saturated rings. The summed E-state index contributed by atoms with van der Waals surface area (Å²) < 4.78 is 11.3. The molecular weight excluding hydrogens is 558 g/mol. The Labute approximate surface area is 265 Å². The van der Waals surface area contributed by atoms with E-state index in [1.54, 1.807) is 7.11 Å². The van der Waals surface area contributed by atoms with Crippen molar-refractivity contribution in [1.82, 2.24) is 4.90 Å². The van der Waals surface area contributed by atoms with Gasteiger partial charge in [0.25, 0.3) is 0 Å². The number of carbonyl (C=O) groups excluding carboxylic acids is 1. The molecule has 0 spiro atoms. The quantitative estimate of drug-likeness (QED) is 0.158. The molecule has 0 aliphatic carbocycles. The molecule has 0 unspecified atom stereocenters. The molecule has 1 heterocycles. The molecule has 5 aromatic rings. The van der Waals surface area contributed by atoms with Gasteiger partial charge in [0.1, 0.15) is 11.6 Å². The minimum atomic E-state index is -1.35. The number of hydrogen-bond acceptors (Lipinski definition) is 6. The third-order valence-corrected chi connectivity index (χ3v) is 8.17. The number of nitrogens with one attached hydrogen (secondary N) is 1.